The highest BCUT2D eigenvalue weighted by molar-refractivity contribution is 6.08. The highest BCUT2D eigenvalue weighted by atomic mass is 16.5. The largest absolute Gasteiger partial charge is 0.449 e. The van der Waals surface area contributed by atoms with Crippen LogP contribution in [0.1, 0.15) is 11.1 Å². The van der Waals surface area contributed by atoms with E-state index in [1.807, 2.05) is 31.2 Å². The van der Waals surface area contributed by atoms with Crippen molar-refractivity contribution in [1.82, 2.24) is 0 Å². The molecular formula is C16H14N2O2. The summed E-state index contributed by atoms with van der Waals surface area (Å²) in [6.07, 6.45) is 1.71. The molecule has 1 aliphatic rings. The number of carbonyl (C=O) groups excluding carboxylic acids is 1. The van der Waals surface area contributed by atoms with Gasteiger partial charge in [0.2, 0.25) is 0 Å². The maximum absolute atomic E-state index is 12.0. The molecule has 3 rings (SSSR count). The highest BCUT2D eigenvalue weighted by Gasteiger charge is 2.21. The minimum Gasteiger partial charge on any atom is -0.449 e. The predicted molar refractivity (Wildman–Crippen MR) is 79.3 cm³/mol. The Morgan fingerprint density at radius 2 is 1.90 bits per heavy atom. The Bertz CT molecular complexity index is 703. The second-order valence-electron chi connectivity index (χ2n) is 4.73. The lowest BCUT2D eigenvalue weighted by molar-refractivity contribution is -0.115. The molecule has 1 aliphatic heterocycles. The third kappa shape index (κ3) is 2.36. The Hall–Kier alpha value is -2.75. The van der Waals surface area contributed by atoms with Gasteiger partial charge in [-0.3, -0.25) is 4.79 Å². The third-order valence-electron chi connectivity index (χ3n) is 3.07. The van der Waals surface area contributed by atoms with Crippen molar-refractivity contribution < 1.29 is 9.53 Å². The van der Waals surface area contributed by atoms with Crippen LogP contribution in [0, 0.1) is 6.92 Å². The molecule has 0 saturated carbocycles. The number of hydrogen-bond acceptors (Lipinski definition) is 3. The van der Waals surface area contributed by atoms with Crippen LogP contribution in [-0.4, -0.2) is 5.91 Å². The van der Waals surface area contributed by atoms with Gasteiger partial charge in [-0.15, -0.1) is 0 Å². The topological polar surface area (TPSA) is 64.3 Å². The van der Waals surface area contributed by atoms with Gasteiger partial charge in [-0.25, -0.2) is 0 Å². The number of nitrogens with one attached hydrogen (secondary N) is 1. The van der Waals surface area contributed by atoms with Crippen molar-refractivity contribution in [3.63, 3.8) is 0 Å². The van der Waals surface area contributed by atoms with E-state index >= 15 is 0 Å². The number of benzene rings is 2. The molecule has 1 amide bonds. The number of nitrogens with two attached hydrogens (primary N) is 1. The van der Waals surface area contributed by atoms with E-state index in [-0.39, 0.29) is 11.7 Å². The summed E-state index contributed by atoms with van der Waals surface area (Å²) in [6.45, 7) is 2.01. The van der Waals surface area contributed by atoms with Gasteiger partial charge in [0.25, 0.3) is 5.91 Å². The number of amides is 1. The Balaban J connectivity index is 1.95. The van der Waals surface area contributed by atoms with Crippen molar-refractivity contribution in [2.24, 2.45) is 0 Å². The van der Waals surface area contributed by atoms with Crippen LogP contribution < -0.4 is 15.8 Å². The van der Waals surface area contributed by atoms with E-state index in [0.29, 0.717) is 17.1 Å². The van der Waals surface area contributed by atoms with Crippen molar-refractivity contribution in [3.05, 3.63) is 59.4 Å². The minimum atomic E-state index is -0.261. The summed E-state index contributed by atoms with van der Waals surface area (Å²) in [4.78, 5) is 12.0. The van der Waals surface area contributed by atoms with E-state index in [1.54, 1.807) is 24.3 Å². The first-order valence-corrected chi connectivity index (χ1v) is 6.29. The number of fused-ring (bicyclic) bond motifs is 1. The molecule has 2 aromatic carbocycles. The Kier molecular flexibility index (Phi) is 2.91. The number of anilines is 2. The molecule has 0 aliphatic carbocycles. The molecular weight excluding hydrogens is 252 g/mol. The fourth-order valence-electron chi connectivity index (χ4n) is 1.98. The lowest BCUT2D eigenvalue weighted by atomic mass is 10.1. The van der Waals surface area contributed by atoms with Gasteiger partial charge >= 0.3 is 0 Å². The number of aryl methyl sites for hydroxylation is 1. The highest BCUT2D eigenvalue weighted by Crippen LogP contribution is 2.33. The second kappa shape index (κ2) is 4.74. The van der Waals surface area contributed by atoms with Gasteiger partial charge in [-0.05, 0) is 30.7 Å². The van der Waals surface area contributed by atoms with E-state index in [4.69, 9.17) is 10.5 Å². The van der Waals surface area contributed by atoms with Gasteiger partial charge in [0, 0.05) is 11.8 Å². The minimum absolute atomic E-state index is 0.256. The summed E-state index contributed by atoms with van der Waals surface area (Å²) in [7, 11) is 0. The fraction of sp³-hybridized carbons (Fsp3) is 0.0625. The van der Waals surface area contributed by atoms with E-state index < -0.39 is 0 Å². The SMILES string of the molecule is Cc1ccc(/C=C2/Oc3cc(N)ccc3NC2=O)cc1. The molecule has 4 heteroatoms. The molecule has 0 saturated heterocycles. The van der Waals surface area contributed by atoms with Gasteiger partial charge in [0.1, 0.15) is 0 Å². The molecule has 1 heterocycles. The van der Waals surface area contributed by atoms with Crippen molar-refractivity contribution >= 4 is 23.4 Å². The van der Waals surface area contributed by atoms with Gasteiger partial charge in [-0.1, -0.05) is 29.8 Å². The zero-order valence-corrected chi connectivity index (χ0v) is 11.0. The van der Waals surface area contributed by atoms with Crippen LogP contribution in [0.4, 0.5) is 11.4 Å². The Morgan fingerprint density at radius 1 is 1.15 bits per heavy atom. The van der Waals surface area contributed by atoms with Gasteiger partial charge in [0.05, 0.1) is 5.69 Å². The first-order chi connectivity index (χ1) is 9.61. The molecule has 0 unspecified atom stereocenters. The molecule has 3 N–H and O–H groups in total. The zero-order chi connectivity index (χ0) is 14.1. The fourth-order valence-corrected chi connectivity index (χ4v) is 1.98. The standard InChI is InChI=1S/C16H14N2O2/c1-10-2-4-11(5-3-10)8-15-16(19)18-13-7-6-12(17)9-14(13)20-15/h2-9H,17H2,1H3,(H,18,19)/b15-8+. The van der Waals surface area contributed by atoms with E-state index in [1.165, 1.54) is 5.56 Å². The smallest absolute Gasteiger partial charge is 0.291 e. The van der Waals surface area contributed by atoms with Crippen LogP contribution in [0.2, 0.25) is 0 Å². The lowest BCUT2D eigenvalue weighted by Gasteiger charge is -2.20. The summed E-state index contributed by atoms with van der Waals surface area (Å²) in [5.41, 5.74) is 9.02. The molecule has 0 bridgehead atoms. The summed E-state index contributed by atoms with van der Waals surface area (Å²) in [5, 5.41) is 2.78. The summed E-state index contributed by atoms with van der Waals surface area (Å²) < 4.78 is 5.63. The number of rotatable bonds is 1. The van der Waals surface area contributed by atoms with Crippen molar-refractivity contribution in [2.75, 3.05) is 11.1 Å². The predicted octanol–water partition coefficient (Wildman–Crippen LogP) is 2.95. The molecule has 0 atom stereocenters. The van der Waals surface area contributed by atoms with Crippen molar-refractivity contribution in [2.45, 2.75) is 6.92 Å². The Labute approximate surface area is 116 Å². The molecule has 0 spiro atoms. The number of ether oxygens (including phenoxy) is 1. The average molecular weight is 266 g/mol. The van der Waals surface area contributed by atoms with Crippen LogP contribution >= 0.6 is 0 Å². The van der Waals surface area contributed by atoms with E-state index in [0.717, 1.165) is 5.56 Å². The first-order valence-electron chi connectivity index (χ1n) is 6.29. The van der Waals surface area contributed by atoms with Crippen LogP contribution in [0.25, 0.3) is 6.08 Å². The number of carbonyl (C=O) groups is 1. The average Bonchev–Trinajstić information content (AvgIpc) is 2.42. The van der Waals surface area contributed by atoms with Gasteiger partial charge in [0.15, 0.2) is 11.5 Å². The lowest BCUT2D eigenvalue weighted by Crippen LogP contribution is -2.23. The maximum atomic E-state index is 12.0. The monoisotopic (exact) mass is 266 g/mol. The van der Waals surface area contributed by atoms with Gasteiger partial charge in [-0.2, -0.15) is 0 Å². The molecule has 20 heavy (non-hydrogen) atoms. The molecule has 2 aromatic rings. The van der Waals surface area contributed by atoms with E-state index in [2.05, 4.69) is 5.32 Å². The summed E-state index contributed by atoms with van der Waals surface area (Å²) >= 11 is 0. The summed E-state index contributed by atoms with van der Waals surface area (Å²) in [6, 6.07) is 13.0. The second-order valence-corrected chi connectivity index (χ2v) is 4.73. The number of nitrogen functional groups attached to an aromatic ring is 1. The first kappa shape index (κ1) is 12.3. The third-order valence-corrected chi connectivity index (χ3v) is 3.07. The molecule has 0 fully saturated rings. The quantitative estimate of drug-likeness (QED) is 0.616. The van der Waals surface area contributed by atoms with Crippen LogP contribution in [0.5, 0.6) is 5.75 Å². The molecule has 0 aromatic heterocycles. The van der Waals surface area contributed by atoms with Crippen LogP contribution in [0.3, 0.4) is 0 Å². The Morgan fingerprint density at radius 3 is 2.65 bits per heavy atom. The maximum Gasteiger partial charge on any atom is 0.291 e. The summed E-state index contributed by atoms with van der Waals surface area (Å²) in [5.74, 6) is 0.553. The normalized spacial score (nSPS) is 15.4. The van der Waals surface area contributed by atoms with Crippen LogP contribution in [-0.2, 0) is 4.79 Å². The van der Waals surface area contributed by atoms with Crippen molar-refractivity contribution in [3.8, 4) is 5.75 Å². The van der Waals surface area contributed by atoms with Crippen molar-refractivity contribution in [1.29, 1.82) is 0 Å². The van der Waals surface area contributed by atoms with Crippen LogP contribution in [0.15, 0.2) is 48.2 Å². The molecule has 0 radical (unpaired) electrons. The van der Waals surface area contributed by atoms with Gasteiger partial charge < -0.3 is 15.8 Å². The molecule has 4 nitrogen and oxygen atoms in total. The molecule has 100 valence electrons. The zero-order valence-electron chi connectivity index (χ0n) is 11.0. The number of hydrogen-bond donors (Lipinski definition) is 2. The van der Waals surface area contributed by atoms with E-state index in [9.17, 15) is 4.79 Å².